The molecule has 1 unspecified atom stereocenters. The van der Waals surface area contributed by atoms with Crippen molar-refractivity contribution in [1.29, 1.82) is 0 Å². The lowest BCUT2D eigenvalue weighted by molar-refractivity contribution is -0.122. The first kappa shape index (κ1) is 23.1. The van der Waals surface area contributed by atoms with E-state index in [0.29, 0.717) is 5.75 Å². The van der Waals surface area contributed by atoms with Crippen LogP contribution in [0.5, 0.6) is 17.2 Å². The second-order valence-corrected chi connectivity index (χ2v) is 7.36. The maximum atomic E-state index is 13.2. The van der Waals surface area contributed by atoms with Crippen molar-refractivity contribution < 1.29 is 28.2 Å². The van der Waals surface area contributed by atoms with Crippen LogP contribution in [-0.4, -0.2) is 23.8 Å². The van der Waals surface area contributed by atoms with E-state index in [0.717, 1.165) is 17.7 Å². The van der Waals surface area contributed by atoms with Crippen LogP contribution in [-0.2, 0) is 4.79 Å². The predicted octanol–water partition coefficient (Wildman–Crippen LogP) is 5.49. The van der Waals surface area contributed by atoms with Gasteiger partial charge in [-0.15, -0.1) is 0 Å². The minimum absolute atomic E-state index is 0.105. The molecule has 32 heavy (non-hydrogen) atoms. The van der Waals surface area contributed by atoms with Crippen LogP contribution in [0.3, 0.4) is 0 Å². The second-order valence-electron chi connectivity index (χ2n) is 6.95. The highest BCUT2D eigenvalue weighted by Gasteiger charge is 2.17. The summed E-state index contributed by atoms with van der Waals surface area (Å²) in [5, 5.41) is 15.8. The molecular weight excluding hydrogens is 442 g/mol. The van der Waals surface area contributed by atoms with Gasteiger partial charge in [-0.3, -0.25) is 4.79 Å². The standard InChI is InChI=1S/C23H21ClF2N2O4/c1-13-3-5-15(6-4-13)32-14(2)23(30)28-20-11-22(29)21(10-17(20)24)27-12-31-16-7-8-18(25)19(26)9-16/h3-11,14,27,29H,12H2,1-2H3,(H,28,30). The number of anilines is 2. The number of hydrogen-bond acceptors (Lipinski definition) is 5. The average molecular weight is 463 g/mol. The van der Waals surface area contributed by atoms with Crippen molar-refractivity contribution in [2.45, 2.75) is 20.0 Å². The number of aromatic hydroxyl groups is 1. The number of nitrogens with one attached hydrogen (secondary N) is 2. The highest BCUT2D eigenvalue weighted by molar-refractivity contribution is 6.34. The van der Waals surface area contributed by atoms with Crippen molar-refractivity contribution in [1.82, 2.24) is 0 Å². The summed E-state index contributed by atoms with van der Waals surface area (Å²) in [5.74, 6) is -2.01. The summed E-state index contributed by atoms with van der Waals surface area (Å²) in [5.41, 5.74) is 1.49. The molecule has 0 aliphatic carbocycles. The van der Waals surface area contributed by atoms with Crippen LogP contribution in [0.2, 0.25) is 5.02 Å². The molecule has 9 heteroatoms. The molecule has 0 aliphatic heterocycles. The molecule has 0 saturated heterocycles. The third-order valence-corrected chi connectivity index (χ3v) is 4.75. The number of amides is 1. The molecule has 168 valence electrons. The van der Waals surface area contributed by atoms with Crippen LogP contribution in [0.1, 0.15) is 12.5 Å². The Hall–Kier alpha value is -3.52. The van der Waals surface area contributed by atoms with Gasteiger partial charge >= 0.3 is 0 Å². The van der Waals surface area contributed by atoms with Crippen LogP contribution in [0.4, 0.5) is 20.2 Å². The third kappa shape index (κ3) is 6.01. The Morgan fingerprint density at radius 1 is 1.03 bits per heavy atom. The van der Waals surface area contributed by atoms with Crippen LogP contribution in [0.25, 0.3) is 0 Å². The number of aryl methyl sites for hydroxylation is 1. The Kier molecular flexibility index (Phi) is 7.37. The number of halogens is 3. The van der Waals surface area contributed by atoms with Gasteiger partial charge in [0.25, 0.3) is 5.91 Å². The van der Waals surface area contributed by atoms with Crippen molar-refractivity contribution in [3.63, 3.8) is 0 Å². The fourth-order valence-corrected chi connectivity index (χ4v) is 2.88. The van der Waals surface area contributed by atoms with Crippen LogP contribution in [0.15, 0.2) is 54.6 Å². The lowest BCUT2D eigenvalue weighted by atomic mass is 10.2. The second kappa shape index (κ2) is 10.2. The lowest BCUT2D eigenvalue weighted by Crippen LogP contribution is -2.30. The van der Waals surface area contributed by atoms with Gasteiger partial charge in [0.15, 0.2) is 24.5 Å². The number of benzene rings is 3. The topological polar surface area (TPSA) is 79.8 Å². The lowest BCUT2D eigenvalue weighted by Gasteiger charge is -2.17. The zero-order chi connectivity index (χ0) is 23.3. The monoisotopic (exact) mass is 462 g/mol. The summed E-state index contributed by atoms with van der Waals surface area (Å²) in [6.07, 6.45) is -0.807. The van der Waals surface area contributed by atoms with Crippen LogP contribution >= 0.6 is 11.6 Å². The Balaban J connectivity index is 1.58. The zero-order valence-electron chi connectivity index (χ0n) is 17.3. The molecule has 6 nitrogen and oxygen atoms in total. The van der Waals surface area contributed by atoms with E-state index in [1.165, 1.54) is 18.2 Å². The van der Waals surface area contributed by atoms with E-state index in [4.69, 9.17) is 21.1 Å². The first-order chi connectivity index (χ1) is 15.2. The maximum absolute atomic E-state index is 13.2. The van der Waals surface area contributed by atoms with E-state index in [2.05, 4.69) is 10.6 Å². The van der Waals surface area contributed by atoms with Crippen LogP contribution < -0.4 is 20.1 Å². The van der Waals surface area contributed by atoms with Gasteiger partial charge < -0.3 is 25.2 Å². The Labute approximate surface area is 188 Å². The molecule has 0 aromatic heterocycles. The van der Waals surface area contributed by atoms with E-state index in [1.54, 1.807) is 19.1 Å². The van der Waals surface area contributed by atoms with Gasteiger partial charge in [-0.1, -0.05) is 29.3 Å². The summed E-state index contributed by atoms with van der Waals surface area (Å²) in [6.45, 7) is 3.39. The minimum atomic E-state index is -1.03. The predicted molar refractivity (Wildman–Crippen MR) is 118 cm³/mol. The number of phenolic OH excluding ortho intramolecular Hbond substituents is 1. The van der Waals surface area contributed by atoms with Gasteiger partial charge in [-0.25, -0.2) is 8.78 Å². The van der Waals surface area contributed by atoms with Gasteiger partial charge in [0.2, 0.25) is 0 Å². The molecule has 0 fully saturated rings. The SMILES string of the molecule is Cc1ccc(OC(C)C(=O)Nc2cc(O)c(NCOc3ccc(F)c(F)c3)cc2Cl)cc1. The van der Waals surface area contributed by atoms with Crippen molar-refractivity contribution in [3.8, 4) is 17.2 Å². The van der Waals surface area contributed by atoms with Gasteiger partial charge in [-0.2, -0.15) is 0 Å². The zero-order valence-corrected chi connectivity index (χ0v) is 18.0. The first-order valence-corrected chi connectivity index (χ1v) is 9.99. The molecule has 3 aromatic carbocycles. The van der Waals surface area contributed by atoms with Crippen molar-refractivity contribution in [2.75, 3.05) is 17.4 Å². The summed E-state index contributed by atoms with van der Waals surface area (Å²) in [7, 11) is 0. The molecule has 3 rings (SSSR count). The molecule has 0 spiro atoms. The summed E-state index contributed by atoms with van der Waals surface area (Å²) in [4.78, 5) is 12.4. The number of phenols is 1. The van der Waals surface area contributed by atoms with Crippen molar-refractivity contribution in [3.05, 3.63) is 76.8 Å². The highest BCUT2D eigenvalue weighted by Crippen LogP contribution is 2.34. The van der Waals surface area contributed by atoms with E-state index >= 15 is 0 Å². The average Bonchev–Trinajstić information content (AvgIpc) is 2.75. The van der Waals surface area contributed by atoms with Crippen molar-refractivity contribution >= 4 is 28.9 Å². The number of carbonyl (C=O) groups is 1. The van der Waals surface area contributed by atoms with Crippen molar-refractivity contribution in [2.24, 2.45) is 0 Å². The smallest absolute Gasteiger partial charge is 0.265 e. The number of carbonyl (C=O) groups excluding carboxylic acids is 1. The molecule has 1 amide bonds. The van der Waals surface area contributed by atoms with Gasteiger partial charge in [0, 0.05) is 12.1 Å². The van der Waals surface area contributed by atoms with Gasteiger partial charge in [-0.05, 0) is 44.2 Å². The van der Waals surface area contributed by atoms with Gasteiger partial charge in [0.1, 0.15) is 17.2 Å². The summed E-state index contributed by atoms with van der Waals surface area (Å²) >= 11 is 6.22. The Bertz CT molecular complexity index is 1110. The van der Waals surface area contributed by atoms with E-state index in [1.807, 2.05) is 19.1 Å². The quantitative estimate of drug-likeness (QED) is 0.305. The van der Waals surface area contributed by atoms with Gasteiger partial charge in [0.05, 0.1) is 16.4 Å². The maximum Gasteiger partial charge on any atom is 0.265 e. The summed E-state index contributed by atoms with van der Waals surface area (Å²) < 4.78 is 37.1. The Morgan fingerprint density at radius 2 is 1.72 bits per heavy atom. The highest BCUT2D eigenvalue weighted by atomic mass is 35.5. The van der Waals surface area contributed by atoms with E-state index in [9.17, 15) is 18.7 Å². The molecule has 0 radical (unpaired) electrons. The fourth-order valence-electron chi connectivity index (χ4n) is 2.67. The van der Waals surface area contributed by atoms with E-state index in [-0.39, 0.29) is 34.6 Å². The Morgan fingerprint density at radius 3 is 2.41 bits per heavy atom. The number of rotatable bonds is 8. The third-order valence-electron chi connectivity index (χ3n) is 4.44. The molecule has 3 aromatic rings. The molecule has 0 aliphatic rings. The fraction of sp³-hybridized carbons (Fsp3) is 0.174. The molecule has 0 saturated carbocycles. The van der Waals surface area contributed by atoms with E-state index < -0.39 is 23.6 Å². The molecule has 0 heterocycles. The number of hydrogen-bond donors (Lipinski definition) is 3. The minimum Gasteiger partial charge on any atom is -0.506 e. The largest absolute Gasteiger partial charge is 0.506 e. The van der Waals surface area contributed by atoms with Crippen LogP contribution in [0, 0.1) is 18.6 Å². The number of ether oxygens (including phenoxy) is 2. The normalized spacial score (nSPS) is 11.5. The first-order valence-electron chi connectivity index (χ1n) is 9.61. The molecule has 0 bridgehead atoms. The summed E-state index contributed by atoms with van der Waals surface area (Å²) in [6, 6.07) is 13.1. The molecule has 3 N–H and O–H groups in total. The molecular formula is C23H21ClF2N2O4. The molecule has 1 atom stereocenters.